The summed E-state index contributed by atoms with van der Waals surface area (Å²) in [6.07, 6.45) is 0. The lowest BCUT2D eigenvalue weighted by atomic mass is 10.2. The van der Waals surface area contributed by atoms with Gasteiger partial charge in [-0.3, -0.25) is 4.68 Å². The van der Waals surface area contributed by atoms with Gasteiger partial charge in [-0.25, -0.2) is 8.42 Å². The van der Waals surface area contributed by atoms with E-state index in [1.165, 1.54) is 0 Å². The fourth-order valence-corrected chi connectivity index (χ4v) is 3.60. The van der Waals surface area contributed by atoms with Crippen LogP contribution < -0.4 is 5.73 Å². The van der Waals surface area contributed by atoms with Crippen LogP contribution in [0.25, 0.3) is 0 Å². The molecule has 1 aromatic heterocycles. The maximum Gasteiger partial charge on any atom is 0.160 e. The molecule has 0 saturated heterocycles. The van der Waals surface area contributed by atoms with Crippen LogP contribution in [-0.2, 0) is 34.4 Å². The van der Waals surface area contributed by atoms with E-state index in [-0.39, 0.29) is 11.5 Å². The average molecular weight is 243 g/mol. The quantitative estimate of drug-likeness (QED) is 0.835. The summed E-state index contributed by atoms with van der Waals surface area (Å²) in [5.41, 5.74) is 8.09. The molecule has 0 aromatic carbocycles. The lowest BCUT2D eigenvalue weighted by Crippen LogP contribution is -2.15. The fraction of sp³-hybridized carbons (Fsp3) is 0.700. The van der Waals surface area contributed by atoms with Gasteiger partial charge in [-0.2, -0.15) is 5.10 Å². The summed E-state index contributed by atoms with van der Waals surface area (Å²) in [5, 5.41) is 4.35. The first-order valence-corrected chi connectivity index (χ1v) is 7.23. The van der Waals surface area contributed by atoms with Crippen molar-refractivity contribution in [2.45, 2.75) is 38.4 Å². The second kappa shape index (κ2) is 3.85. The van der Waals surface area contributed by atoms with Gasteiger partial charge in [0.25, 0.3) is 0 Å². The first kappa shape index (κ1) is 11.6. The second-order valence-corrected chi connectivity index (χ2v) is 6.75. The van der Waals surface area contributed by atoms with Gasteiger partial charge < -0.3 is 5.73 Å². The normalized spacial score (nSPS) is 18.0. The van der Waals surface area contributed by atoms with Crippen LogP contribution in [-0.4, -0.2) is 18.2 Å². The molecule has 16 heavy (non-hydrogen) atoms. The molecular formula is C10H17N3O2S. The zero-order valence-corrected chi connectivity index (χ0v) is 10.4. The Bertz CT molecular complexity index is 502. The van der Waals surface area contributed by atoms with Gasteiger partial charge in [-0.15, -0.1) is 0 Å². The molecule has 0 radical (unpaired) electrons. The average Bonchev–Trinajstić information content (AvgIpc) is 2.54. The molecule has 0 aliphatic carbocycles. The third kappa shape index (κ3) is 1.99. The van der Waals surface area contributed by atoms with Gasteiger partial charge in [0, 0.05) is 18.7 Å². The SMILES string of the molecule is CC(C)Cn1nc2c(c1CN)CS(=O)(=O)C2. The summed E-state index contributed by atoms with van der Waals surface area (Å²) in [7, 11) is -2.97. The molecule has 5 nitrogen and oxygen atoms in total. The Morgan fingerprint density at radius 1 is 1.44 bits per heavy atom. The highest BCUT2D eigenvalue weighted by Gasteiger charge is 2.31. The van der Waals surface area contributed by atoms with E-state index in [1.54, 1.807) is 0 Å². The second-order valence-electron chi connectivity index (χ2n) is 4.68. The van der Waals surface area contributed by atoms with Crippen LogP contribution in [0.15, 0.2) is 0 Å². The molecule has 0 amide bonds. The monoisotopic (exact) mass is 243 g/mol. The lowest BCUT2D eigenvalue weighted by Gasteiger charge is -2.09. The Balaban J connectivity index is 2.40. The van der Waals surface area contributed by atoms with E-state index in [4.69, 9.17) is 5.73 Å². The van der Waals surface area contributed by atoms with Crippen molar-refractivity contribution in [3.05, 3.63) is 17.0 Å². The van der Waals surface area contributed by atoms with E-state index in [9.17, 15) is 8.42 Å². The first-order chi connectivity index (χ1) is 7.43. The van der Waals surface area contributed by atoms with E-state index >= 15 is 0 Å². The molecule has 0 saturated carbocycles. The number of hydrogen-bond donors (Lipinski definition) is 1. The summed E-state index contributed by atoms with van der Waals surface area (Å²) >= 11 is 0. The molecule has 0 spiro atoms. The minimum Gasteiger partial charge on any atom is -0.325 e. The number of rotatable bonds is 3. The Hall–Kier alpha value is -0.880. The van der Waals surface area contributed by atoms with E-state index in [1.807, 2.05) is 4.68 Å². The number of hydrogen-bond acceptors (Lipinski definition) is 4. The van der Waals surface area contributed by atoms with E-state index < -0.39 is 9.84 Å². The molecule has 2 heterocycles. The molecule has 1 aliphatic heterocycles. The minimum absolute atomic E-state index is 0.0699. The maximum atomic E-state index is 11.5. The van der Waals surface area contributed by atoms with Crippen molar-refractivity contribution in [2.24, 2.45) is 11.7 Å². The Morgan fingerprint density at radius 2 is 2.12 bits per heavy atom. The van der Waals surface area contributed by atoms with Crippen molar-refractivity contribution in [3.8, 4) is 0 Å². The van der Waals surface area contributed by atoms with Gasteiger partial charge in [0.05, 0.1) is 22.9 Å². The fourth-order valence-electron chi connectivity index (χ4n) is 2.08. The van der Waals surface area contributed by atoms with E-state index in [0.29, 0.717) is 18.2 Å². The van der Waals surface area contributed by atoms with Crippen LogP contribution in [0.4, 0.5) is 0 Å². The van der Waals surface area contributed by atoms with E-state index in [0.717, 1.165) is 17.8 Å². The van der Waals surface area contributed by atoms with Gasteiger partial charge in [0.15, 0.2) is 9.84 Å². The molecule has 90 valence electrons. The number of nitrogens with two attached hydrogens (primary N) is 1. The summed E-state index contributed by atoms with van der Waals surface area (Å²) in [6.45, 7) is 5.35. The third-order valence-electron chi connectivity index (χ3n) is 2.70. The van der Waals surface area contributed by atoms with Crippen LogP contribution >= 0.6 is 0 Å². The van der Waals surface area contributed by atoms with Crippen LogP contribution in [0.3, 0.4) is 0 Å². The van der Waals surface area contributed by atoms with Crippen molar-refractivity contribution >= 4 is 9.84 Å². The summed E-state index contributed by atoms with van der Waals surface area (Å²) in [4.78, 5) is 0. The number of fused-ring (bicyclic) bond motifs is 1. The summed E-state index contributed by atoms with van der Waals surface area (Å²) in [6, 6.07) is 0. The highest BCUT2D eigenvalue weighted by Crippen LogP contribution is 2.27. The Morgan fingerprint density at radius 3 is 2.69 bits per heavy atom. The molecule has 2 N–H and O–H groups in total. The summed E-state index contributed by atoms with van der Waals surface area (Å²) < 4.78 is 24.8. The predicted molar refractivity (Wildman–Crippen MR) is 61.3 cm³/mol. The molecule has 2 rings (SSSR count). The summed E-state index contributed by atoms with van der Waals surface area (Å²) in [5.74, 6) is 0.648. The molecule has 6 heteroatoms. The molecule has 0 bridgehead atoms. The van der Waals surface area contributed by atoms with E-state index in [2.05, 4.69) is 18.9 Å². The molecule has 0 atom stereocenters. The zero-order valence-electron chi connectivity index (χ0n) is 9.60. The van der Waals surface area contributed by atoms with Crippen molar-refractivity contribution in [1.29, 1.82) is 0 Å². The molecule has 0 fully saturated rings. The predicted octanol–water partition coefficient (Wildman–Crippen LogP) is 0.426. The largest absolute Gasteiger partial charge is 0.325 e. The van der Waals surface area contributed by atoms with Gasteiger partial charge in [-0.1, -0.05) is 13.8 Å². The van der Waals surface area contributed by atoms with Gasteiger partial charge >= 0.3 is 0 Å². The van der Waals surface area contributed by atoms with Crippen LogP contribution in [0.2, 0.25) is 0 Å². The lowest BCUT2D eigenvalue weighted by molar-refractivity contribution is 0.466. The first-order valence-electron chi connectivity index (χ1n) is 5.41. The van der Waals surface area contributed by atoms with Crippen LogP contribution in [0.1, 0.15) is 30.8 Å². The van der Waals surface area contributed by atoms with Crippen molar-refractivity contribution in [2.75, 3.05) is 0 Å². The third-order valence-corrected chi connectivity index (χ3v) is 4.14. The highest BCUT2D eigenvalue weighted by atomic mass is 32.2. The molecular weight excluding hydrogens is 226 g/mol. The molecule has 1 aliphatic rings. The minimum atomic E-state index is -2.97. The molecule has 0 unspecified atom stereocenters. The van der Waals surface area contributed by atoms with Crippen molar-refractivity contribution in [1.82, 2.24) is 9.78 Å². The Labute approximate surface area is 95.6 Å². The zero-order chi connectivity index (χ0) is 11.9. The topological polar surface area (TPSA) is 78.0 Å². The van der Waals surface area contributed by atoms with Crippen LogP contribution in [0.5, 0.6) is 0 Å². The van der Waals surface area contributed by atoms with Crippen molar-refractivity contribution < 1.29 is 8.42 Å². The van der Waals surface area contributed by atoms with Gasteiger partial charge in [0.1, 0.15) is 0 Å². The maximum absolute atomic E-state index is 11.5. The molecule has 1 aromatic rings. The standard InChI is InChI=1S/C10H17N3O2S/c1-7(2)4-13-10(3-11)8-5-16(14,15)6-9(8)12-13/h7H,3-6,11H2,1-2H3. The number of sulfone groups is 1. The van der Waals surface area contributed by atoms with Crippen LogP contribution in [0, 0.1) is 5.92 Å². The Kier molecular flexibility index (Phi) is 2.79. The smallest absolute Gasteiger partial charge is 0.160 e. The van der Waals surface area contributed by atoms with Crippen molar-refractivity contribution in [3.63, 3.8) is 0 Å². The number of aromatic nitrogens is 2. The van der Waals surface area contributed by atoms with Gasteiger partial charge in [0.2, 0.25) is 0 Å². The van der Waals surface area contributed by atoms with Gasteiger partial charge in [-0.05, 0) is 5.92 Å². The highest BCUT2D eigenvalue weighted by molar-refractivity contribution is 7.90. The number of nitrogens with zero attached hydrogens (tertiary/aromatic N) is 2.